The van der Waals surface area contributed by atoms with Crippen LogP contribution in [0.4, 0.5) is 5.82 Å². The number of aryl methyl sites for hydroxylation is 1. The zero-order valence-corrected chi connectivity index (χ0v) is 18.2. The molecular formula is C23H28N4O4. The summed E-state index contributed by atoms with van der Waals surface area (Å²) in [6.45, 7) is 5.05. The number of pyridine rings is 1. The summed E-state index contributed by atoms with van der Waals surface area (Å²) < 4.78 is 18.4. The lowest BCUT2D eigenvalue weighted by atomic mass is 10.2. The van der Waals surface area contributed by atoms with Crippen LogP contribution in [0.3, 0.4) is 0 Å². The van der Waals surface area contributed by atoms with Gasteiger partial charge in [0.25, 0.3) is 5.91 Å². The van der Waals surface area contributed by atoms with Crippen molar-refractivity contribution in [2.24, 2.45) is 0 Å². The summed E-state index contributed by atoms with van der Waals surface area (Å²) in [4.78, 5) is 21.1. The van der Waals surface area contributed by atoms with Gasteiger partial charge in [0.15, 0.2) is 18.0 Å². The van der Waals surface area contributed by atoms with E-state index in [-0.39, 0.29) is 12.5 Å². The first-order chi connectivity index (χ1) is 15.1. The van der Waals surface area contributed by atoms with Crippen LogP contribution >= 0.6 is 0 Å². The fraction of sp³-hybridized carbons (Fsp3) is 0.391. The van der Waals surface area contributed by atoms with Gasteiger partial charge in [0.05, 0.1) is 26.0 Å². The second-order valence-corrected chi connectivity index (χ2v) is 7.57. The number of imidazole rings is 1. The van der Waals surface area contributed by atoms with Gasteiger partial charge in [-0.05, 0) is 36.8 Å². The molecule has 0 radical (unpaired) electrons. The third-order valence-electron chi connectivity index (χ3n) is 5.41. The van der Waals surface area contributed by atoms with E-state index in [1.807, 2.05) is 48.8 Å². The molecule has 1 amide bonds. The van der Waals surface area contributed by atoms with E-state index >= 15 is 0 Å². The number of amides is 1. The van der Waals surface area contributed by atoms with Crippen molar-refractivity contribution in [2.75, 3.05) is 52.0 Å². The van der Waals surface area contributed by atoms with Crippen molar-refractivity contribution in [1.29, 1.82) is 0 Å². The van der Waals surface area contributed by atoms with Crippen LogP contribution in [-0.4, -0.2) is 67.3 Å². The van der Waals surface area contributed by atoms with Crippen molar-refractivity contribution in [1.82, 2.24) is 14.3 Å². The first-order valence-corrected chi connectivity index (χ1v) is 10.4. The second-order valence-electron chi connectivity index (χ2n) is 7.57. The molecule has 4 rings (SSSR count). The predicted molar refractivity (Wildman–Crippen MR) is 118 cm³/mol. The van der Waals surface area contributed by atoms with Crippen molar-refractivity contribution in [3.8, 4) is 11.5 Å². The maximum Gasteiger partial charge on any atom is 0.260 e. The van der Waals surface area contributed by atoms with Crippen molar-refractivity contribution in [3.63, 3.8) is 0 Å². The summed E-state index contributed by atoms with van der Waals surface area (Å²) in [6, 6.07) is 11.8. The van der Waals surface area contributed by atoms with E-state index < -0.39 is 0 Å². The summed E-state index contributed by atoms with van der Waals surface area (Å²) in [7, 11) is 3.70. The van der Waals surface area contributed by atoms with Crippen LogP contribution < -0.4 is 14.4 Å². The number of carbonyl (C=O) groups is 1. The van der Waals surface area contributed by atoms with E-state index in [2.05, 4.69) is 17.0 Å². The number of ether oxygens (including phenoxy) is 3. The molecule has 0 bridgehead atoms. The number of methoxy groups -OCH3 is 1. The third-order valence-corrected chi connectivity index (χ3v) is 5.41. The molecule has 164 valence electrons. The molecule has 0 aliphatic carbocycles. The van der Waals surface area contributed by atoms with Crippen LogP contribution in [0.1, 0.15) is 11.3 Å². The zero-order valence-electron chi connectivity index (χ0n) is 18.2. The number of morpholine rings is 1. The van der Waals surface area contributed by atoms with Crippen LogP contribution in [0, 0.1) is 6.92 Å². The molecule has 2 aromatic heterocycles. The van der Waals surface area contributed by atoms with Crippen LogP contribution in [0.25, 0.3) is 5.65 Å². The van der Waals surface area contributed by atoms with Crippen molar-refractivity contribution in [3.05, 3.63) is 53.9 Å². The Morgan fingerprint density at radius 2 is 1.94 bits per heavy atom. The molecule has 8 nitrogen and oxygen atoms in total. The summed E-state index contributed by atoms with van der Waals surface area (Å²) in [5.74, 6) is 2.38. The predicted octanol–water partition coefficient (Wildman–Crippen LogP) is 2.53. The largest absolute Gasteiger partial charge is 0.497 e. The van der Waals surface area contributed by atoms with Crippen LogP contribution in [0.2, 0.25) is 0 Å². The molecule has 31 heavy (non-hydrogen) atoms. The minimum atomic E-state index is -0.0366. The topological polar surface area (TPSA) is 68.5 Å². The maximum atomic E-state index is 12.4. The first-order valence-electron chi connectivity index (χ1n) is 10.4. The number of carbonyl (C=O) groups excluding carboxylic acids is 1. The van der Waals surface area contributed by atoms with Gasteiger partial charge in [-0.2, -0.15) is 0 Å². The summed E-state index contributed by atoms with van der Waals surface area (Å²) in [5, 5.41) is 0. The number of hydrogen-bond acceptors (Lipinski definition) is 6. The molecule has 3 aromatic rings. The third kappa shape index (κ3) is 4.59. The number of rotatable bonds is 7. The summed E-state index contributed by atoms with van der Waals surface area (Å²) in [5.41, 5.74) is 2.76. The smallest absolute Gasteiger partial charge is 0.260 e. The quantitative estimate of drug-likeness (QED) is 0.581. The molecule has 0 spiro atoms. The average Bonchev–Trinajstić information content (AvgIpc) is 3.15. The van der Waals surface area contributed by atoms with Crippen molar-refractivity contribution in [2.45, 2.75) is 13.5 Å². The summed E-state index contributed by atoms with van der Waals surface area (Å²) >= 11 is 0. The number of fused-ring (bicyclic) bond motifs is 1. The monoisotopic (exact) mass is 424 g/mol. The molecule has 1 aliphatic rings. The molecule has 0 unspecified atom stereocenters. The van der Waals surface area contributed by atoms with E-state index in [4.69, 9.17) is 19.2 Å². The fourth-order valence-electron chi connectivity index (χ4n) is 3.84. The molecule has 0 atom stereocenters. The molecule has 1 saturated heterocycles. The van der Waals surface area contributed by atoms with Crippen LogP contribution in [0.5, 0.6) is 11.5 Å². The Hall–Kier alpha value is -3.26. The highest BCUT2D eigenvalue weighted by Gasteiger charge is 2.20. The Morgan fingerprint density at radius 3 is 2.65 bits per heavy atom. The van der Waals surface area contributed by atoms with Gasteiger partial charge >= 0.3 is 0 Å². The van der Waals surface area contributed by atoms with Gasteiger partial charge in [-0.25, -0.2) is 4.98 Å². The van der Waals surface area contributed by atoms with Gasteiger partial charge in [0.1, 0.15) is 11.6 Å². The highest BCUT2D eigenvalue weighted by Crippen LogP contribution is 2.28. The van der Waals surface area contributed by atoms with E-state index in [0.29, 0.717) is 37.7 Å². The minimum absolute atomic E-state index is 0.0113. The lowest BCUT2D eigenvalue weighted by Gasteiger charge is -2.26. The minimum Gasteiger partial charge on any atom is -0.497 e. The maximum absolute atomic E-state index is 12.4. The lowest BCUT2D eigenvalue weighted by Crippen LogP contribution is -2.43. The molecule has 1 aliphatic heterocycles. The SMILES string of the molecule is COc1ccc(CN(C)c2c(C)nc3c(OCC(=O)N4CCOCC4)cccn23)cc1. The van der Waals surface area contributed by atoms with Gasteiger partial charge in [-0.1, -0.05) is 12.1 Å². The molecular weight excluding hydrogens is 396 g/mol. The Morgan fingerprint density at radius 1 is 1.19 bits per heavy atom. The van der Waals surface area contributed by atoms with Gasteiger partial charge in [0.2, 0.25) is 0 Å². The van der Waals surface area contributed by atoms with E-state index in [1.54, 1.807) is 12.0 Å². The van der Waals surface area contributed by atoms with Crippen LogP contribution in [-0.2, 0) is 16.1 Å². The summed E-state index contributed by atoms with van der Waals surface area (Å²) in [6.07, 6.45) is 1.96. The number of anilines is 1. The Balaban J connectivity index is 1.51. The normalized spacial score (nSPS) is 14.0. The van der Waals surface area contributed by atoms with Gasteiger partial charge in [-0.3, -0.25) is 9.20 Å². The van der Waals surface area contributed by atoms with Gasteiger partial charge in [0, 0.05) is 32.9 Å². The standard InChI is InChI=1S/C23H28N4O4/c1-17-23(25(2)15-18-6-8-19(29-3)9-7-18)27-10-4-5-20(22(27)24-17)31-16-21(28)26-11-13-30-14-12-26/h4-10H,11-16H2,1-3H3. The molecule has 1 fully saturated rings. The van der Waals surface area contributed by atoms with E-state index in [9.17, 15) is 4.79 Å². The molecule has 1 aromatic carbocycles. The molecule has 0 N–H and O–H groups in total. The molecule has 8 heteroatoms. The van der Waals surface area contributed by atoms with Crippen LogP contribution in [0.15, 0.2) is 42.6 Å². The number of benzene rings is 1. The average molecular weight is 425 g/mol. The van der Waals surface area contributed by atoms with E-state index in [1.165, 1.54) is 5.56 Å². The fourth-order valence-corrected chi connectivity index (χ4v) is 3.84. The second kappa shape index (κ2) is 9.26. The number of hydrogen-bond donors (Lipinski definition) is 0. The van der Waals surface area contributed by atoms with E-state index in [0.717, 1.165) is 23.8 Å². The first kappa shape index (κ1) is 21.0. The highest BCUT2D eigenvalue weighted by molar-refractivity contribution is 5.78. The van der Waals surface area contributed by atoms with Crippen molar-refractivity contribution >= 4 is 17.4 Å². The van der Waals surface area contributed by atoms with Crippen molar-refractivity contribution < 1.29 is 19.0 Å². The lowest BCUT2D eigenvalue weighted by molar-refractivity contribution is -0.137. The number of aromatic nitrogens is 2. The zero-order chi connectivity index (χ0) is 21.8. The highest BCUT2D eigenvalue weighted by atomic mass is 16.5. The molecule has 0 saturated carbocycles. The number of nitrogens with zero attached hydrogens (tertiary/aromatic N) is 4. The Kier molecular flexibility index (Phi) is 6.27. The Bertz CT molecular complexity index is 1040. The molecule has 3 heterocycles. The van der Waals surface area contributed by atoms with Gasteiger partial charge in [-0.15, -0.1) is 0 Å². The Labute approximate surface area is 181 Å². The van der Waals surface area contributed by atoms with Gasteiger partial charge < -0.3 is 24.0 Å².